The van der Waals surface area contributed by atoms with Gasteiger partial charge in [-0.3, -0.25) is 4.99 Å². The Balaban J connectivity index is 1.55. The summed E-state index contributed by atoms with van der Waals surface area (Å²) in [7, 11) is 0. The summed E-state index contributed by atoms with van der Waals surface area (Å²) in [5.74, 6) is 0. The molecule has 1 aliphatic carbocycles. The number of fused-ring (bicyclic) bond motifs is 2. The topological polar surface area (TPSA) is 42.2 Å². The van der Waals surface area contributed by atoms with Crippen LogP contribution in [0.25, 0.3) is 28.1 Å². The molecular weight excluding hydrogens is 440 g/mol. The Morgan fingerprint density at radius 2 is 1.36 bits per heavy atom. The van der Waals surface area contributed by atoms with Crippen molar-refractivity contribution in [3.05, 3.63) is 138 Å². The minimum absolute atomic E-state index is 0.700. The van der Waals surface area contributed by atoms with Crippen molar-refractivity contribution in [3.8, 4) is 17.1 Å². The molecule has 0 unspecified atom stereocenters. The maximum Gasteiger partial charge on any atom is 0.0900 e. The van der Waals surface area contributed by atoms with E-state index in [0.29, 0.717) is 6.54 Å². The van der Waals surface area contributed by atoms with Crippen LogP contribution in [0.5, 0.6) is 0 Å². The summed E-state index contributed by atoms with van der Waals surface area (Å²) in [6.07, 6.45) is 0.887. The zero-order chi connectivity index (χ0) is 24.2. The maximum absolute atomic E-state index is 5.06. The van der Waals surface area contributed by atoms with Crippen molar-refractivity contribution in [2.75, 3.05) is 11.9 Å². The first kappa shape index (κ1) is 21.8. The molecular formula is C32H26N4. The number of rotatable bonds is 6. The second kappa shape index (κ2) is 9.88. The largest absolute Gasteiger partial charge is 0.354 e. The summed E-state index contributed by atoms with van der Waals surface area (Å²) in [4.78, 5) is 10.1. The maximum atomic E-state index is 5.06. The number of nitrogens with one attached hydrogen (secondary N) is 1. The Labute approximate surface area is 210 Å². The van der Waals surface area contributed by atoms with Crippen molar-refractivity contribution >= 4 is 22.4 Å². The van der Waals surface area contributed by atoms with Gasteiger partial charge >= 0.3 is 0 Å². The van der Waals surface area contributed by atoms with Crippen LogP contribution >= 0.6 is 0 Å². The molecule has 0 saturated heterocycles. The van der Waals surface area contributed by atoms with Crippen LogP contribution in [-0.4, -0.2) is 16.1 Å². The highest BCUT2D eigenvalue weighted by Crippen LogP contribution is 2.30. The highest BCUT2D eigenvalue weighted by Gasteiger charge is 2.16. The lowest BCUT2D eigenvalue weighted by Crippen LogP contribution is -2.15. The van der Waals surface area contributed by atoms with Gasteiger partial charge in [0.05, 0.1) is 33.5 Å². The first-order valence-corrected chi connectivity index (χ1v) is 12.2. The van der Waals surface area contributed by atoms with E-state index in [1.165, 1.54) is 5.56 Å². The van der Waals surface area contributed by atoms with Gasteiger partial charge in [-0.1, -0.05) is 78.9 Å². The molecule has 0 bridgehead atoms. The quantitative estimate of drug-likeness (QED) is 0.268. The lowest BCUT2D eigenvalue weighted by atomic mass is 10.1. The Morgan fingerprint density at radius 3 is 2.14 bits per heavy atom. The Morgan fingerprint density at radius 1 is 0.694 bits per heavy atom. The van der Waals surface area contributed by atoms with Gasteiger partial charge in [0.2, 0.25) is 0 Å². The molecule has 4 aromatic carbocycles. The fraction of sp³-hybridized carbons (Fsp3) is 0.0625. The summed E-state index contributed by atoms with van der Waals surface area (Å²) in [6.45, 7) is 0.700. The van der Waals surface area contributed by atoms with Crippen LogP contribution in [0.2, 0.25) is 0 Å². The van der Waals surface area contributed by atoms with Crippen molar-refractivity contribution in [2.45, 2.75) is 6.42 Å². The molecule has 0 fully saturated rings. The van der Waals surface area contributed by atoms with Crippen LogP contribution in [0.15, 0.2) is 132 Å². The van der Waals surface area contributed by atoms with Crippen LogP contribution in [0, 0.1) is 0 Å². The molecule has 0 spiro atoms. The summed E-state index contributed by atoms with van der Waals surface area (Å²) in [5, 5.41) is 4.50. The standard InChI is InChI=1S/C32H26N4/c1-4-12-24(13-5-1)20-21-33-28-23-32-30(22-29(28)34-25-14-6-2-7-15-25)35-27-18-10-11-19-31(27)36(32)26-16-8-3-9-17-26/h1-19,22-23,34H,20-21H2. The second-order valence-corrected chi connectivity index (χ2v) is 8.74. The summed E-state index contributed by atoms with van der Waals surface area (Å²) < 4.78 is 2.28. The van der Waals surface area contributed by atoms with E-state index >= 15 is 0 Å². The third-order valence-corrected chi connectivity index (χ3v) is 6.29. The van der Waals surface area contributed by atoms with Crippen molar-refractivity contribution < 1.29 is 0 Å². The van der Waals surface area contributed by atoms with E-state index in [1.807, 2.05) is 36.4 Å². The van der Waals surface area contributed by atoms with Crippen molar-refractivity contribution in [2.24, 2.45) is 4.99 Å². The molecule has 1 heterocycles. The monoisotopic (exact) mass is 466 g/mol. The molecule has 0 aromatic heterocycles. The molecule has 4 heteroatoms. The molecule has 36 heavy (non-hydrogen) atoms. The predicted molar refractivity (Wildman–Crippen MR) is 148 cm³/mol. The van der Waals surface area contributed by atoms with E-state index in [2.05, 4.69) is 101 Å². The average molecular weight is 467 g/mol. The number of para-hydroxylation sites is 4. The van der Waals surface area contributed by atoms with Gasteiger partial charge in [-0.2, -0.15) is 0 Å². The molecule has 0 atom stereocenters. The highest BCUT2D eigenvalue weighted by molar-refractivity contribution is 5.84. The highest BCUT2D eigenvalue weighted by atomic mass is 15.0. The SMILES string of the molecule is c1ccc(CCN=c2cc3n(-c4ccccc4)c4ccccc4nc-3cc2Nc2ccccc2)cc1. The smallest absolute Gasteiger partial charge is 0.0900 e. The normalized spacial score (nSPS) is 11.7. The fourth-order valence-electron chi connectivity index (χ4n) is 4.56. The molecule has 0 amide bonds. The first-order chi connectivity index (χ1) is 17.8. The van der Waals surface area contributed by atoms with Crippen LogP contribution in [0.1, 0.15) is 5.56 Å². The molecule has 6 rings (SSSR count). The second-order valence-electron chi connectivity index (χ2n) is 8.74. The number of benzene rings is 5. The van der Waals surface area contributed by atoms with Gasteiger partial charge in [0.1, 0.15) is 0 Å². The Kier molecular flexibility index (Phi) is 5.99. The molecule has 0 saturated carbocycles. The van der Waals surface area contributed by atoms with E-state index in [9.17, 15) is 0 Å². The van der Waals surface area contributed by atoms with Gasteiger partial charge in [-0.15, -0.1) is 0 Å². The minimum Gasteiger partial charge on any atom is -0.354 e. The summed E-state index contributed by atoms with van der Waals surface area (Å²) in [5.41, 5.74) is 8.31. The Bertz CT molecular complexity index is 1640. The molecule has 2 aliphatic rings. The van der Waals surface area contributed by atoms with Gasteiger partial charge < -0.3 is 9.88 Å². The van der Waals surface area contributed by atoms with E-state index in [-0.39, 0.29) is 0 Å². The van der Waals surface area contributed by atoms with E-state index in [4.69, 9.17) is 9.98 Å². The minimum atomic E-state index is 0.700. The third-order valence-electron chi connectivity index (χ3n) is 6.29. The average Bonchev–Trinajstić information content (AvgIpc) is 2.94. The van der Waals surface area contributed by atoms with Crippen LogP contribution in [0.4, 0.5) is 11.4 Å². The van der Waals surface area contributed by atoms with Crippen molar-refractivity contribution in [1.82, 2.24) is 9.55 Å². The van der Waals surface area contributed by atoms with Gasteiger partial charge in [0.25, 0.3) is 0 Å². The Hall–Kier alpha value is -4.70. The summed E-state index contributed by atoms with van der Waals surface area (Å²) in [6, 6.07) is 43.7. The zero-order valence-corrected chi connectivity index (χ0v) is 19.9. The molecule has 4 nitrogen and oxygen atoms in total. The van der Waals surface area contributed by atoms with Gasteiger partial charge in [0, 0.05) is 17.9 Å². The molecule has 174 valence electrons. The van der Waals surface area contributed by atoms with E-state index < -0.39 is 0 Å². The number of aromatic nitrogens is 2. The van der Waals surface area contributed by atoms with Crippen LogP contribution in [0.3, 0.4) is 0 Å². The number of hydrogen-bond acceptors (Lipinski definition) is 3. The number of anilines is 2. The van der Waals surface area contributed by atoms with E-state index in [0.717, 1.165) is 51.3 Å². The number of hydrogen-bond donors (Lipinski definition) is 1. The van der Waals surface area contributed by atoms with Crippen LogP contribution in [-0.2, 0) is 6.42 Å². The lowest BCUT2D eigenvalue weighted by molar-refractivity contribution is 0.933. The fourth-order valence-corrected chi connectivity index (χ4v) is 4.56. The van der Waals surface area contributed by atoms with E-state index in [1.54, 1.807) is 0 Å². The van der Waals surface area contributed by atoms with Crippen LogP contribution < -0.4 is 10.7 Å². The summed E-state index contributed by atoms with van der Waals surface area (Å²) >= 11 is 0. The lowest BCUT2D eigenvalue weighted by Gasteiger charge is -2.20. The molecule has 0 radical (unpaired) electrons. The molecule has 1 aliphatic heterocycles. The molecule has 4 aromatic rings. The zero-order valence-electron chi connectivity index (χ0n) is 19.9. The number of nitrogens with zero attached hydrogens (tertiary/aromatic N) is 3. The van der Waals surface area contributed by atoms with Gasteiger partial charge in [-0.05, 0) is 60.5 Å². The van der Waals surface area contributed by atoms with Gasteiger partial charge in [0.15, 0.2) is 0 Å². The molecule has 1 N–H and O–H groups in total. The van der Waals surface area contributed by atoms with Crippen molar-refractivity contribution in [1.29, 1.82) is 0 Å². The van der Waals surface area contributed by atoms with Gasteiger partial charge in [-0.25, -0.2) is 4.98 Å². The first-order valence-electron chi connectivity index (χ1n) is 12.2. The van der Waals surface area contributed by atoms with Crippen molar-refractivity contribution in [3.63, 3.8) is 0 Å². The third kappa shape index (κ3) is 4.49. The predicted octanol–water partition coefficient (Wildman–Crippen LogP) is 7.02.